The molecule has 4 heteroatoms. The Bertz CT molecular complexity index is 969. The quantitative estimate of drug-likeness (QED) is 0.857. The van der Waals surface area contributed by atoms with Crippen molar-refractivity contribution in [1.82, 2.24) is 0 Å². The highest BCUT2D eigenvalue weighted by Gasteiger charge is 2.26. The second-order valence-electron chi connectivity index (χ2n) is 4.84. The van der Waals surface area contributed by atoms with Crippen molar-refractivity contribution in [3.63, 3.8) is 0 Å². The molecule has 1 N–H and O–H groups in total. The first-order valence-electron chi connectivity index (χ1n) is 6.55. The van der Waals surface area contributed by atoms with Crippen LogP contribution in [0.2, 0.25) is 0 Å². The summed E-state index contributed by atoms with van der Waals surface area (Å²) in [5.41, 5.74) is 3.15. The molecule has 0 unspecified atom stereocenters. The van der Waals surface area contributed by atoms with Gasteiger partial charge < -0.3 is 5.11 Å². The smallest absolute Gasteiger partial charge is 0.355 e. The molecule has 100 valence electrons. The highest BCUT2D eigenvalue weighted by molar-refractivity contribution is 6.55. The van der Waals surface area contributed by atoms with Crippen molar-refractivity contribution in [2.24, 2.45) is 9.98 Å². The minimum absolute atomic E-state index is 0.0879. The van der Waals surface area contributed by atoms with Gasteiger partial charge in [-0.15, -0.1) is 0 Å². The van der Waals surface area contributed by atoms with E-state index in [0.29, 0.717) is 11.3 Å². The highest BCUT2D eigenvalue weighted by Crippen LogP contribution is 2.32. The lowest BCUT2D eigenvalue weighted by molar-refractivity contribution is -0.129. The summed E-state index contributed by atoms with van der Waals surface area (Å²) in [6, 6.07) is 13.2. The number of aliphatic carboxylic acids is 1. The Labute approximate surface area is 120 Å². The lowest BCUT2D eigenvalue weighted by atomic mass is 9.98. The van der Waals surface area contributed by atoms with E-state index in [2.05, 4.69) is 9.98 Å². The third-order valence-corrected chi connectivity index (χ3v) is 3.65. The summed E-state index contributed by atoms with van der Waals surface area (Å²) < 4.78 is 0. The molecule has 0 atom stereocenters. The molecule has 2 aromatic rings. The number of carboxylic acid groups (broad SMARTS) is 1. The predicted octanol–water partition coefficient (Wildman–Crippen LogP) is 1.55. The molecule has 21 heavy (non-hydrogen) atoms. The van der Waals surface area contributed by atoms with Crippen molar-refractivity contribution in [3.05, 3.63) is 58.5 Å². The van der Waals surface area contributed by atoms with Crippen LogP contribution in [-0.4, -0.2) is 23.0 Å². The van der Waals surface area contributed by atoms with E-state index in [1.54, 1.807) is 6.21 Å². The van der Waals surface area contributed by atoms with Crippen LogP contribution in [0.25, 0.3) is 11.6 Å². The van der Waals surface area contributed by atoms with Crippen LogP contribution in [0.4, 0.5) is 11.4 Å². The van der Waals surface area contributed by atoms with Crippen molar-refractivity contribution < 1.29 is 9.90 Å². The molecule has 2 heterocycles. The monoisotopic (exact) mass is 274 g/mol. The summed E-state index contributed by atoms with van der Waals surface area (Å²) in [7, 11) is 0. The van der Waals surface area contributed by atoms with E-state index in [-0.39, 0.29) is 5.71 Å². The number of aliphatic imine (C=N–C) groups is 2. The van der Waals surface area contributed by atoms with Gasteiger partial charge in [-0.3, -0.25) is 4.99 Å². The maximum atomic E-state index is 11.6. The van der Waals surface area contributed by atoms with Gasteiger partial charge in [0.1, 0.15) is 0 Å². The zero-order valence-corrected chi connectivity index (χ0v) is 10.9. The summed E-state index contributed by atoms with van der Waals surface area (Å²) >= 11 is 0. The minimum atomic E-state index is -1.02. The first kappa shape index (κ1) is 11.8. The Hall–Kier alpha value is -3.01. The molecule has 0 aromatic heterocycles. The number of hydrogen-bond acceptors (Lipinski definition) is 3. The van der Waals surface area contributed by atoms with Crippen LogP contribution in [0.15, 0.2) is 52.4 Å². The van der Waals surface area contributed by atoms with Gasteiger partial charge in [-0.2, -0.15) is 0 Å². The molecule has 2 aliphatic heterocycles. The average Bonchev–Trinajstić information content (AvgIpc) is 3.11. The van der Waals surface area contributed by atoms with Crippen LogP contribution >= 0.6 is 0 Å². The molecule has 0 spiro atoms. The molecule has 0 saturated carbocycles. The van der Waals surface area contributed by atoms with Gasteiger partial charge >= 0.3 is 5.97 Å². The fourth-order valence-corrected chi connectivity index (χ4v) is 2.76. The summed E-state index contributed by atoms with van der Waals surface area (Å²) in [6.07, 6.45) is 3.63. The molecule has 0 fully saturated rings. The first-order chi connectivity index (χ1) is 10.3. The second-order valence-corrected chi connectivity index (χ2v) is 4.84. The Morgan fingerprint density at radius 1 is 1.00 bits per heavy atom. The van der Waals surface area contributed by atoms with Gasteiger partial charge in [0.2, 0.25) is 0 Å². The van der Waals surface area contributed by atoms with Crippen molar-refractivity contribution in [3.8, 4) is 0 Å². The van der Waals surface area contributed by atoms with E-state index in [1.165, 1.54) is 0 Å². The molecule has 0 amide bonds. The molecule has 0 bridgehead atoms. The Morgan fingerprint density at radius 3 is 2.67 bits per heavy atom. The zero-order chi connectivity index (χ0) is 14.4. The maximum Gasteiger partial charge on any atom is 0.355 e. The molecule has 2 aromatic carbocycles. The van der Waals surface area contributed by atoms with Crippen molar-refractivity contribution in [1.29, 1.82) is 0 Å². The normalized spacial score (nSPS) is 17.0. The predicted molar refractivity (Wildman–Crippen MR) is 82.0 cm³/mol. The summed E-state index contributed by atoms with van der Waals surface area (Å²) in [5.74, 6) is -1.02. The van der Waals surface area contributed by atoms with Crippen molar-refractivity contribution >= 4 is 40.9 Å². The number of hydrogen-bond donors (Lipinski definition) is 1. The minimum Gasteiger partial charge on any atom is -0.476 e. The number of rotatable bonds is 1. The van der Waals surface area contributed by atoms with Gasteiger partial charge in [-0.05, 0) is 23.4 Å². The Balaban J connectivity index is 2.18. The molecule has 0 radical (unpaired) electrons. The van der Waals surface area contributed by atoms with Gasteiger partial charge in [0.25, 0.3) is 0 Å². The molecule has 4 nitrogen and oxygen atoms in total. The SMILES string of the molecule is O=C(O)C1=Nc2ccccc2C1=c1cccc2c1=CC=N2. The Morgan fingerprint density at radius 2 is 1.81 bits per heavy atom. The number of fused-ring (bicyclic) bond motifs is 2. The average molecular weight is 274 g/mol. The second kappa shape index (κ2) is 4.24. The standard InChI is InChI=1S/C17H10N2O2/c20-17(21)16-15(12-4-1-2-6-14(12)19-16)11-5-3-7-13-10(11)8-9-18-13/h1-9H,(H,20,21). The zero-order valence-electron chi connectivity index (χ0n) is 10.9. The lowest BCUT2D eigenvalue weighted by Crippen LogP contribution is -2.30. The van der Waals surface area contributed by atoms with Crippen LogP contribution in [0.1, 0.15) is 5.56 Å². The van der Waals surface area contributed by atoms with E-state index in [0.717, 1.165) is 21.7 Å². The summed E-state index contributed by atoms with van der Waals surface area (Å²) in [6.45, 7) is 0. The van der Waals surface area contributed by atoms with Crippen molar-refractivity contribution in [2.45, 2.75) is 0 Å². The largest absolute Gasteiger partial charge is 0.476 e. The number of nitrogens with zero attached hydrogens (tertiary/aromatic N) is 2. The lowest BCUT2D eigenvalue weighted by Gasteiger charge is -2.03. The number of carboxylic acids is 1. The van der Waals surface area contributed by atoms with Gasteiger partial charge in [0.05, 0.1) is 11.4 Å². The topological polar surface area (TPSA) is 62.0 Å². The van der Waals surface area contributed by atoms with Crippen LogP contribution < -0.4 is 10.4 Å². The van der Waals surface area contributed by atoms with Crippen LogP contribution in [0.5, 0.6) is 0 Å². The maximum absolute atomic E-state index is 11.6. The fraction of sp³-hybridized carbons (Fsp3) is 0. The van der Waals surface area contributed by atoms with E-state index in [4.69, 9.17) is 0 Å². The summed E-state index contributed by atoms with van der Waals surface area (Å²) in [4.78, 5) is 20.1. The number of para-hydroxylation sites is 1. The Kier molecular flexibility index (Phi) is 2.38. The van der Waals surface area contributed by atoms with Crippen LogP contribution in [-0.2, 0) is 4.79 Å². The van der Waals surface area contributed by atoms with Gasteiger partial charge in [-0.25, -0.2) is 9.79 Å². The summed E-state index contributed by atoms with van der Waals surface area (Å²) in [5, 5.41) is 11.3. The molecular formula is C17H10N2O2. The third-order valence-electron chi connectivity index (χ3n) is 3.65. The van der Waals surface area contributed by atoms with E-state index < -0.39 is 5.97 Å². The fourth-order valence-electron chi connectivity index (χ4n) is 2.76. The van der Waals surface area contributed by atoms with Gasteiger partial charge in [0.15, 0.2) is 5.71 Å². The number of carbonyl (C=O) groups is 1. The van der Waals surface area contributed by atoms with E-state index >= 15 is 0 Å². The van der Waals surface area contributed by atoms with Gasteiger partial charge in [-0.1, -0.05) is 30.3 Å². The third kappa shape index (κ3) is 1.66. The van der Waals surface area contributed by atoms with Crippen molar-refractivity contribution in [2.75, 3.05) is 0 Å². The number of benzene rings is 2. The van der Waals surface area contributed by atoms with E-state index in [1.807, 2.05) is 48.5 Å². The molecule has 0 saturated heterocycles. The molecular weight excluding hydrogens is 264 g/mol. The molecule has 2 aliphatic rings. The highest BCUT2D eigenvalue weighted by atomic mass is 16.4. The molecule has 4 rings (SSSR count). The van der Waals surface area contributed by atoms with E-state index in [9.17, 15) is 9.90 Å². The van der Waals surface area contributed by atoms with Gasteiger partial charge in [0, 0.05) is 22.6 Å². The first-order valence-corrected chi connectivity index (χ1v) is 6.55. The van der Waals surface area contributed by atoms with Crippen LogP contribution in [0, 0.1) is 0 Å². The van der Waals surface area contributed by atoms with Crippen LogP contribution in [0.3, 0.4) is 0 Å². The molecule has 0 aliphatic carbocycles.